The predicted molar refractivity (Wildman–Crippen MR) is 54.0 cm³/mol. The molecule has 0 rings (SSSR count). The minimum atomic E-state index is 0.0551. The molecule has 0 aliphatic rings. The first-order valence-corrected chi connectivity index (χ1v) is 4.31. The molecule has 0 saturated heterocycles. The number of nitrogens with zero attached hydrogens (tertiary/aromatic N) is 2. The van der Waals surface area contributed by atoms with Gasteiger partial charge in [-0.05, 0) is 5.92 Å². The second kappa shape index (κ2) is 4.88. The van der Waals surface area contributed by atoms with Gasteiger partial charge in [-0.3, -0.25) is 4.79 Å². The number of amides is 1. The summed E-state index contributed by atoms with van der Waals surface area (Å²) in [4.78, 5) is 12.4. The van der Waals surface area contributed by atoms with Gasteiger partial charge in [0.2, 0.25) is 5.91 Å². The molecule has 0 fully saturated rings. The zero-order valence-corrected chi connectivity index (χ0v) is 9.22. The van der Waals surface area contributed by atoms with E-state index in [2.05, 4.69) is 33.0 Å². The maximum Gasteiger partial charge on any atom is 0.219 e. The highest BCUT2D eigenvalue weighted by molar-refractivity contribution is 5.73. The van der Waals surface area contributed by atoms with Crippen molar-refractivity contribution in [2.24, 2.45) is 0 Å². The summed E-state index contributed by atoms with van der Waals surface area (Å²) in [5.41, 5.74) is 0. The van der Waals surface area contributed by atoms with E-state index in [1.165, 1.54) is 0 Å². The first-order valence-electron chi connectivity index (χ1n) is 4.31. The number of hydrogen-bond acceptors (Lipinski definition) is 1. The molecule has 0 saturated carbocycles. The molecular weight excluding hydrogens is 164 g/mol. The summed E-state index contributed by atoms with van der Waals surface area (Å²) < 4.78 is 0.830. The molecule has 0 aromatic rings. The van der Waals surface area contributed by atoms with Crippen LogP contribution in [-0.2, 0) is 4.79 Å². The van der Waals surface area contributed by atoms with Crippen molar-refractivity contribution in [1.82, 2.24) is 4.90 Å². The molecule has 3 heteroatoms. The number of quaternary nitrogens is 1. The fraction of sp³-hybridized carbons (Fsp3) is 0.700. The lowest BCUT2D eigenvalue weighted by Crippen LogP contribution is -2.34. The molecule has 0 heterocycles. The van der Waals surface area contributed by atoms with Gasteiger partial charge in [0.1, 0.15) is 6.54 Å². The molecule has 0 unspecified atom stereocenters. The first-order chi connectivity index (χ1) is 5.83. The summed E-state index contributed by atoms with van der Waals surface area (Å²) >= 11 is 0. The van der Waals surface area contributed by atoms with Crippen molar-refractivity contribution < 1.29 is 9.28 Å². The first kappa shape index (κ1) is 12.0. The molecule has 0 N–H and O–H groups in total. The van der Waals surface area contributed by atoms with Crippen molar-refractivity contribution in [2.45, 2.75) is 6.92 Å². The van der Waals surface area contributed by atoms with E-state index in [1.54, 1.807) is 18.9 Å². The Morgan fingerprint density at radius 2 is 1.85 bits per heavy atom. The standard InChI is InChI=1S/C10H19N2O/c1-10(13)11(2)8-6-7-9-12(3,4)5/h8-9H2,1-5H3/q+1. The van der Waals surface area contributed by atoms with Crippen molar-refractivity contribution in [2.75, 3.05) is 41.3 Å². The van der Waals surface area contributed by atoms with E-state index in [4.69, 9.17) is 0 Å². The third-order valence-electron chi connectivity index (χ3n) is 1.53. The third kappa shape index (κ3) is 7.35. The van der Waals surface area contributed by atoms with Gasteiger partial charge in [0.15, 0.2) is 0 Å². The Morgan fingerprint density at radius 1 is 1.31 bits per heavy atom. The van der Waals surface area contributed by atoms with E-state index in [9.17, 15) is 4.79 Å². The van der Waals surface area contributed by atoms with E-state index < -0.39 is 0 Å². The molecular formula is C10H19N2O+. The van der Waals surface area contributed by atoms with Crippen LogP contribution in [0.3, 0.4) is 0 Å². The molecule has 1 amide bonds. The van der Waals surface area contributed by atoms with Crippen LogP contribution >= 0.6 is 0 Å². The summed E-state index contributed by atoms with van der Waals surface area (Å²) in [5.74, 6) is 6.06. The lowest BCUT2D eigenvalue weighted by molar-refractivity contribution is -0.862. The summed E-state index contributed by atoms with van der Waals surface area (Å²) in [6.07, 6.45) is 0. The number of hydrogen-bond donors (Lipinski definition) is 0. The minimum absolute atomic E-state index is 0.0551. The summed E-state index contributed by atoms with van der Waals surface area (Å²) in [6.45, 7) is 2.88. The van der Waals surface area contributed by atoms with Crippen LogP contribution in [0.1, 0.15) is 6.92 Å². The Labute approximate surface area is 80.9 Å². The zero-order chi connectivity index (χ0) is 10.5. The summed E-state index contributed by atoms with van der Waals surface area (Å²) in [7, 11) is 8.01. The van der Waals surface area contributed by atoms with Crippen LogP contribution in [0.15, 0.2) is 0 Å². The van der Waals surface area contributed by atoms with Crippen molar-refractivity contribution in [1.29, 1.82) is 0 Å². The number of carbonyl (C=O) groups is 1. The smallest absolute Gasteiger partial charge is 0.219 e. The summed E-state index contributed by atoms with van der Waals surface area (Å²) in [6, 6.07) is 0. The second-order valence-corrected chi connectivity index (χ2v) is 4.18. The number of carbonyl (C=O) groups excluding carboxylic acids is 1. The van der Waals surface area contributed by atoms with Crippen molar-refractivity contribution in [3.8, 4) is 11.8 Å². The fourth-order valence-corrected chi connectivity index (χ4v) is 0.579. The normalized spacial score (nSPS) is 10.2. The van der Waals surface area contributed by atoms with Gasteiger partial charge in [0.05, 0.1) is 27.7 Å². The molecule has 0 aromatic heterocycles. The molecule has 0 radical (unpaired) electrons. The van der Waals surface area contributed by atoms with Crippen LogP contribution in [0.25, 0.3) is 0 Å². The topological polar surface area (TPSA) is 20.3 Å². The molecule has 0 aromatic carbocycles. The maximum absolute atomic E-state index is 10.8. The van der Waals surface area contributed by atoms with Gasteiger partial charge in [0.25, 0.3) is 0 Å². The summed E-state index contributed by atoms with van der Waals surface area (Å²) in [5, 5.41) is 0. The van der Waals surface area contributed by atoms with Crippen LogP contribution in [0, 0.1) is 11.8 Å². The van der Waals surface area contributed by atoms with Gasteiger partial charge in [0, 0.05) is 14.0 Å². The van der Waals surface area contributed by atoms with Crippen LogP contribution in [0.4, 0.5) is 0 Å². The quantitative estimate of drug-likeness (QED) is 0.441. The van der Waals surface area contributed by atoms with Gasteiger partial charge < -0.3 is 9.38 Å². The van der Waals surface area contributed by atoms with Gasteiger partial charge in [-0.2, -0.15) is 0 Å². The Kier molecular flexibility index (Phi) is 4.50. The fourth-order valence-electron chi connectivity index (χ4n) is 0.579. The Balaban J connectivity index is 3.81. The molecule has 3 nitrogen and oxygen atoms in total. The van der Waals surface area contributed by atoms with E-state index >= 15 is 0 Å². The highest BCUT2D eigenvalue weighted by atomic mass is 16.2. The van der Waals surface area contributed by atoms with Crippen LogP contribution in [0.2, 0.25) is 0 Å². The minimum Gasteiger partial charge on any atom is -0.335 e. The van der Waals surface area contributed by atoms with Gasteiger partial charge >= 0.3 is 0 Å². The van der Waals surface area contributed by atoms with Crippen molar-refractivity contribution in [3.05, 3.63) is 0 Å². The molecule has 0 bridgehead atoms. The van der Waals surface area contributed by atoms with Crippen molar-refractivity contribution >= 4 is 5.91 Å². The number of rotatable bonds is 2. The largest absolute Gasteiger partial charge is 0.335 e. The molecule has 0 spiro atoms. The van der Waals surface area contributed by atoms with Crippen molar-refractivity contribution in [3.63, 3.8) is 0 Å². The molecule has 0 atom stereocenters. The molecule has 0 aliphatic heterocycles. The maximum atomic E-state index is 10.8. The third-order valence-corrected chi connectivity index (χ3v) is 1.53. The van der Waals surface area contributed by atoms with E-state index in [0.29, 0.717) is 6.54 Å². The Hall–Kier alpha value is -1.01. The van der Waals surface area contributed by atoms with E-state index in [-0.39, 0.29) is 5.91 Å². The van der Waals surface area contributed by atoms with E-state index in [1.807, 2.05) is 0 Å². The lowest BCUT2D eigenvalue weighted by atomic mass is 10.4. The van der Waals surface area contributed by atoms with Crippen LogP contribution < -0.4 is 0 Å². The average molecular weight is 183 g/mol. The van der Waals surface area contributed by atoms with E-state index in [0.717, 1.165) is 11.0 Å². The second-order valence-electron chi connectivity index (χ2n) is 4.18. The Morgan fingerprint density at radius 3 is 2.23 bits per heavy atom. The lowest BCUT2D eigenvalue weighted by Gasteiger charge is -2.20. The van der Waals surface area contributed by atoms with Gasteiger partial charge in [-0.1, -0.05) is 5.92 Å². The molecule has 0 aliphatic carbocycles. The average Bonchev–Trinajstić information content (AvgIpc) is 1.95. The highest BCUT2D eigenvalue weighted by Crippen LogP contribution is 1.86. The van der Waals surface area contributed by atoms with Gasteiger partial charge in [-0.15, -0.1) is 0 Å². The molecule has 13 heavy (non-hydrogen) atoms. The zero-order valence-electron chi connectivity index (χ0n) is 9.22. The highest BCUT2D eigenvalue weighted by Gasteiger charge is 2.02. The Bertz CT molecular complexity index is 230. The van der Waals surface area contributed by atoms with Gasteiger partial charge in [-0.25, -0.2) is 0 Å². The SMILES string of the molecule is CC(=O)N(C)CC#CC[N+](C)(C)C. The monoisotopic (exact) mass is 183 g/mol. The molecule has 74 valence electrons. The predicted octanol–water partition coefficient (Wildman–Crippen LogP) is 0.174. The van der Waals surface area contributed by atoms with Crippen LogP contribution in [0.5, 0.6) is 0 Å². The van der Waals surface area contributed by atoms with Crippen LogP contribution in [-0.4, -0.2) is 56.6 Å².